The molecule has 1 unspecified atom stereocenters. The lowest BCUT2D eigenvalue weighted by Crippen LogP contribution is -2.39. The first kappa shape index (κ1) is 22.2. The molecule has 2 aromatic heterocycles. The van der Waals surface area contributed by atoms with Gasteiger partial charge in [-0.25, -0.2) is 4.98 Å². The van der Waals surface area contributed by atoms with Crippen molar-refractivity contribution in [2.24, 2.45) is 0 Å². The fourth-order valence-electron chi connectivity index (χ4n) is 4.44. The summed E-state index contributed by atoms with van der Waals surface area (Å²) in [6.07, 6.45) is -0.0415. The van der Waals surface area contributed by atoms with E-state index in [0.717, 1.165) is 30.3 Å². The summed E-state index contributed by atoms with van der Waals surface area (Å²) in [5, 5.41) is 3.39. The highest BCUT2D eigenvalue weighted by atomic mass is 19.4. The molecule has 10 heteroatoms. The molecular formula is C24H25F3N6O. The van der Waals surface area contributed by atoms with Crippen molar-refractivity contribution in [2.75, 3.05) is 41.9 Å². The fourth-order valence-corrected chi connectivity index (χ4v) is 4.44. The Kier molecular flexibility index (Phi) is 5.89. The first-order chi connectivity index (χ1) is 16.4. The Balaban J connectivity index is 1.24. The van der Waals surface area contributed by atoms with Crippen molar-refractivity contribution in [3.8, 4) is 5.75 Å². The van der Waals surface area contributed by atoms with Crippen molar-refractivity contribution >= 4 is 17.5 Å². The molecule has 7 nitrogen and oxygen atoms in total. The fraction of sp³-hybridized carbons (Fsp3) is 0.375. The average Bonchev–Trinajstić information content (AvgIpc) is 2.85. The standard InChI is InChI=1S/C24H25F3N6O/c1-32-19(16-5-3-2-4-6-16)15-34-20-14-29-23(31-22(20)32)30-17-8-11-33(12-9-17)18-7-10-28-21(13-18)24(25,26)27/h2-7,10,13-14,17,19H,8-9,11-12,15H2,1H3,(H,29,30,31). The van der Waals surface area contributed by atoms with Crippen LogP contribution in [0.15, 0.2) is 54.9 Å². The summed E-state index contributed by atoms with van der Waals surface area (Å²) in [6.45, 7) is 1.78. The number of piperidine rings is 1. The van der Waals surface area contributed by atoms with Crippen LogP contribution in [0.2, 0.25) is 0 Å². The number of ether oxygens (including phenoxy) is 1. The van der Waals surface area contributed by atoms with Gasteiger partial charge in [0.2, 0.25) is 5.95 Å². The zero-order valence-corrected chi connectivity index (χ0v) is 18.7. The number of benzene rings is 1. The maximum atomic E-state index is 13.0. The van der Waals surface area contributed by atoms with Crippen molar-refractivity contribution in [2.45, 2.75) is 31.1 Å². The van der Waals surface area contributed by atoms with Crippen molar-refractivity contribution in [1.82, 2.24) is 15.0 Å². The Hall–Kier alpha value is -3.56. The topological polar surface area (TPSA) is 66.4 Å². The lowest BCUT2D eigenvalue weighted by Gasteiger charge is -2.36. The van der Waals surface area contributed by atoms with E-state index in [9.17, 15) is 13.2 Å². The largest absolute Gasteiger partial charge is 0.486 e. The van der Waals surface area contributed by atoms with E-state index in [1.54, 1.807) is 12.3 Å². The van der Waals surface area contributed by atoms with Crippen LogP contribution in [0.1, 0.15) is 30.1 Å². The van der Waals surface area contributed by atoms with Crippen LogP contribution >= 0.6 is 0 Å². The van der Waals surface area contributed by atoms with Crippen molar-refractivity contribution < 1.29 is 17.9 Å². The molecule has 0 radical (unpaired) electrons. The number of nitrogens with zero attached hydrogens (tertiary/aromatic N) is 5. The first-order valence-electron chi connectivity index (χ1n) is 11.2. The number of hydrogen-bond acceptors (Lipinski definition) is 7. The minimum Gasteiger partial charge on any atom is -0.486 e. The summed E-state index contributed by atoms with van der Waals surface area (Å²) in [4.78, 5) is 16.6. The van der Waals surface area contributed by atoms with E-state index in [0.29, 0.717) is 37.1 Å². The molecular weight excluding hydrogens is 445 g/mol. The molecule has 5 rings (SSSR count). The van der Waals surface area contributed by atoms with Crippen LogP contribution in [0.25, 0.3) is 0 Å². The second-order valence-electron chi connectivity index (χ2n) is 8.53. The van der Waals surface area contributed by atoms with E-state index in [1.807, 2.05) is 30.1 Å². The van der Waals surface area contributed by atoms with Gasteiger partial charge in [-0.3, -0.25) is 4.98 Å². The van der Waals surface area contributed by atoms with Gasteiger partial charge in [0.15, 0.2) is 11.6 Å². The predicted octanol–water partition coefficient (Wildman–Crippen LogP) is 4.54. The van der Waals surface area contributed by atoms with E-state index in [2.05, 4.69) is 32.3 Å². The molecule has 4 heterocycles. The number of aromatic nitrogens is 3. The van der Waals surface area contributed by atoms with Gasteiger partial charge in [0.05, 0.1) is 12.2 Å². The number of likely N-dealkylation sites (N-methyl/N-ethyl adjacent to an activating group) is 1. The molecule has 178 valence electrons. The van der Waals surface area contributed by atoms with Gasteiger partial charge in [-0.2, -0.15) is 18.2 Å². The van der Waals surface area contributed by atoms with Crippen LogP contribution in [-0.4, -0.2) is 47.7 Å². The van der Waals surface area contributed by atoms with Crippen LogP contribution in [0.4, 0.5) is 30.6 Å². The van der Waals surface area contributed by atoms with E-state index in [-0.39, 0.29) is 12.1 Å². The first-order valence-corrected chi connectivity index (χ1v) is 11.2. The quantitative estimate of drug-likeness (QED) is 0.601. The molecule has 34 heavy (non-hydrogen) atoms. The molecule has 2 aliphatic heterocycles. The Labute approximate surface area is 195 Å². The molecule has 0 bridgehead atoms. The maximum absolute atomic E-state index is 13.0. The van der Waals surface area contributed by atoms with Gasteiger partial charge in [-0.1, -0.05) is 30.3 Å². The lowest BCUT2D eigenvalue weighted by atomic mass is 10.0. The predicted molar refractivity (Wildman–Crippen MR) is 123 cm³/mol. The summed E-state index contributed by atoms with van der Waals surface area (Å²) >= 11 is 0. The van der Waals surface area contributed by atoms with E-state index < -0.39 is 11.9 Å². The molecule has 1 fully saturated rings. The van der Waals surface area contributed by atoms with E-state index >= 15 is 0 Å². The summed E-state index contributed by atoms with van der Waals surface area (Å²) in [7, 11) is 2.00. The van der Waals surface area contributed by atoms with Crippen molar-refractivity contribution in [1.29, 1.82) is 0 Å². The molecule has 1 saturated heterocycles. The van der Waals surface area contributed by atoms with Crippen molar-refractivity contribution in [3.05, 3.63) is 66.1 Å². The third kappa shape index (κ3) is 4.57. The Morgan fingerprint density at radius 2 is 1.82 bits per heavy atom. The van der Waals surface area contributed by atoms with Gasteiger partial charge in [0.1, 0.15) is 12.3 Å². The summed E-state index contributed by atoms with van der Waals surface area (Å²) in [5.74, 6) is 1.89. The summed E-state index contributed by atoms with van der Waals surface area (Å²) in [5.41, 5.74) is 0.824. The minimum atomic E-state index is -4.45. The second-order valence-corrected chi connectivity index (χ2v) is 8.53. The number of fused-ring (bicyclic) bond motifs is 1. The number of hydrogen-bond donors (Lipinski definition) is 1. The highest BCUT2D eigenvalue weighted by Gasteiger charge is 2.33. The average molecular weight is 470 g/mol. The number of halogens is 3. The van der Waals surface area contributed by atoms with Gasteiger partial charge in [-0.05, 0) is 30.5 Å². The number of rotatable bonds is 4. The zero-order chi connectivity index (χ0) is 23.7. The normalized spacial score (nSPS) is 18.9. The second kappa shape index (κ2) is 9.00. The number of alkyl halides is 3. The van der Waals surface area contributed by atoms with Gasteiger partial charge in [0.25, 0.3) is 0 Å². The van der Waals surface area contributed by atoms with Crippen molar-refractivity contribution in [3.63, 3.8) is 0 Å². The van der Waals surface area contributed by atoms with E-state index in [1.165, 1.54) is 6.20 Å². The lowest BCUT2D eigenvalue weighted by molar-refractivity contribution is -0.141. The molecule has 1 N–H and O–H groups in total. The maximum Gasteiger partial charge on any atom is 0.433 e. The number of pyridine rings is 1. The molecule has 3 aromatic rings. The molecule has 0 saturated carbocycles. The van der Waals surface area contributed by atoms with Crippen LogP contribution in [0, 0.1) is 0 Å². The van der Waals surface area contributed by atoms with Gasteiger partial charge >= 0.3 is 6.18 Å². The third-order valence-corrected chi connectivity index (χ3v) is 6.35. The SMILES string of the molecule is CN1c2nc(NC3CCN(c4ccnc(C(F)(F)F)c4)CC3)ncc2OCC1c1ccccc1. The number of nitrogens with one attached hydrogen (secondary N) is 1. The monoisotopic (exact) mass is 470 g/mol. The number of anilines is 3. The van der Waals surface area contributed by atoms with Crippen LogP contribution in [0.3, 0.4) is 0 Å². The minimum absolute atomic E-state index is 0.0571. The summed E-state index contributed by atoms with van der Waals surface area (Å²) < 4.78 is 44.9. The highest BCUT2D eigenvalue weighted by Crippen LogP contribution is 2.37. The molecule has 1 aromatic carbocycles. The molecule has 1 atom stereocenters. The van der Waals surface area contributed by atoms with Gasteiger partial charge in [-0.15, -0.1) is 0 Å². The molecule has 0 amide bonds. The molecule has 0 aliphatic carbocycles. The highest BCUT2D eigenvalue weighted by molar-refractivity contribution is 5.57. The zero-order valence-electron chi connectivity index (χ0n) is 18.7. The van der Waals surface area contributed by atoms with Gasteiger partial charge in [0, 0.05) is 38.1 Å². The Morgan fingerprint density at radius 3 is 2.56 bits per heavy atom. The Morgan fingerprint density at radius 1 is 1.06 bits per heavy atom. The Bertz CT molecular complexity index is 1140. The van der Waals surface area contributed by atoms with Crippen LogP contribution in [0.5, 0.6) is 5.75 Å². The smallest absolute Gasteiger partial charge is 0.433 e. The van der Waals surface area contributed by atoms with E-state index in [4.69, 9.17) is 9.72 Å². The summed E-state index contributed by atoms with van der Waals surface area (Å²) in [6, 6.07) is 13.1. The molecule has 2 aliphatic rings. The van der Waals surface area contributed by atoms with Crippen LogP contribution in [-0.2, 0) is 6.18 Å². The third-order valence-electron chi connectivity index (χ3n) is 6.35. The van der Waals surface area contributed by atoms with Crippen LogP contribution < -0.4 is 19.9 Å². The van der Waals surface area contributed by atoms with Gasteiger partial charge < -0.3 is 19.9 Å². The molecule has 0 spiro atoms.